The summed E-state index contributed by atoms with van der Waals surface area (Å²) in [5.74, 6) is -0.837. The number of halogens is 2. The van der Waals surface area contributed by atoms with E-state index in [1.165, 1.54) is 17.0 Å². The fourth-order valence-electron chi connectivity index (χ4n) is 4.88. The van der Waals surface area contributed by atoms with Gasteiger partial charge in [0.2, 0.25) is 11.8 Å². The number of carbonyl (C=O) groups is 2. The number of hydrogen-bond donors (Lipinski definition) is 1. The Bertz CT molecular complexity index is 1460. The van der Waals surface area contributed by atoms with Gasteiger partial charge in [0.1, 0.15) is 12.6 Å². The number of carbonyl (C=O) groups excluding carboxylic acids is 2. The van der Waals surface area contributed by atoms with E-state index in [1.54, 1.807) is 74.5 Å². The number of nitrogens with zero attached hydrogens (tertiary/aromatic N) is 2. The summed E-state index contributed by atoms with van der Waals surface area (Å²) in [4.78, 5) is 28.8. The zero-order valence-corrected chi connectivity index (χ0v) is 24.8. The quantitative estimate of drug-likeness (QED) is 0.310. The fraction of sp³-hybridized carbons (Fsp3) is 0.333. The first-order chi connectivity index (χ1) is 19.1. The number of sulfonamides is 1. The normalized spacial score (nSPS) is 14.5. The monoisotopic (exact) mass is 601 g/mol. The van der Waals surface area contributed by atoms with E-state index in [0.29, 0.717) is 21.2 Å². The molecule has 1 fully saturated rings. The summed E-state index contributed by atoms with van der Waals surface area (Å²) in [6.07, 6.45) is 3.89. The molecule has 40 heavy (non-hydrogen) atoms. The minimum atomic E-state index is -4.17. The van der Waals surface area contributed by atoms with Crippen LogP contribution in [0.4, 0.5) is 5.69 Å². The van der Waals surface area contributed by atoms with Gasteiger partial charge in [0.25, 0.3) is 10.0 Å². The molecule has 0 spiro atoms. The average Bonchev–Trinajstić information content (AvgIpc) is 3.46. The van der Waals surface area contributed by atoms with Crippen molar-refractivity contribution in [2.75, 3.05) is 10.8 Å². The number of anilines is 1. The maximum Gasteiger partial charge on any atom is 0.264 e. The molecule has 1 N–H and O–H groups in total. The molecule has 1 aliphatic carbocycles. The maximum absolute atomic E-state index is 14.1. The molecule has 0 heterocycles. The van der Waals surface area contributed by atoms with Crippen LogP contribution in [0.25, 0.3) is 0 Å². The number of hydrogen-bond acceptors (Lipinski definition) is 4. The minimum Gasteiger partial charge on any atom is -0.352 e. The van der Waals surface area contributed by atoms with Gasteiger partial charge in [-0.3, -0.25) is 13.9 Å². The summed E-state index contributed by atoms with van der Waals surface area (Å²) in [6.45, 7) is 2.85. The highest BCUT2D eigenvalue weighted by atomic mass is 35.5. The Morgan fingerprint density at radius 3 is 2.23 bits per heavy atom. The number of nitrogens with one attached hydrogen (secondary N) is 1. The van der Waals surface area contributed by atoms with Gasteiger partial charge >= 0.3 is 0 Å². The predicted octanol–water partition coefficient (Wildman–Crippen LogP) is 5.97. The molecule has 1 aliphatic rings. The van der Waals surface area contributed by atoms with Crippen LogP contribution in [0.2, 0.25) is 10.0 Å². The Labute approximate surface area is 246 Å². The Kier molecular flexibility index (Phi) is 9.77. The van der Waals surface area contributed by atoms with E-state index in [2.05, 4.69) is 5.32 Å². The fourth-order valence-corrected chi connectivity index (χ4v) is 6.74. The van der Waals surface area contributed by atoms with Gasteiger partial charge in [-0.15, -0.1) is 0 Å². The van der Waals surface area contributed by atoms with E-state index in [4.69, 9.17) is 23.2 Å². The van der Waals surface area contributed by atoms with Crippen LogP contribution in [0.1, 0.15) is 43.7 Å². The number of rotatable bonds is 10. The number of benzene rings is 3. The van der Waals surface area contributed by atoms with Crippen molar-refractivity contribution in [3.63, 3.8) is 0 Å². The van der Waals surface area contributed by atoms with E-state index in [1.807, 2.05) is 0 Å². The van der Waals surface area contributed by atoms with Crippen molar-refractivity contribution in [3.8, 4) is 0 Å². The first-order valence-corrected chi connectivity index (χ1v) is 15.5. The van der Waals surface area contributed by atoms with Crippen molar-refractivity contribution in [1.82, 2.24) is 10.2 Å². The SMILES string of the molecule is Cc1c(Cl)cccc1N(CC(=O)N(Cc1ccccc1Cl)C(C)C(=O)NC1CCCC1)S(=O)(=O)c1ccccc1. The van der Waals surface area contributed by atoms with Gasteiger partial charge in [0.05, 0.1) is 10.6 Å². The molecule has 0 aromatic heterocycles. The molecule has 0 saturated heterocycles. The summed E-state index contributed by atoms with van der Waals surface area (Å²) in [5.41, 5.74) is 1.45. The second kappa shape index (κ2) is 13.1. The first-order valence-electron chi connectivity index (χ1n) is 13.3. The molecule has 0 aliphatic heterocycles. The zero-order valence-electron chi connectivity index (χ0n) is 22.5. The molecule has 10 heteroatoms. The van der Waals surface area contributed by atoms with Gasteiger partial charge in [-0.25, -0.2) is 8.42 Å². The second-order valence-electron chi connectivity index (χ2n) is 9.99. The highest BCUT2D eigenvalue weighted by Gasteiger charge is 2.34. The molecule has 3 aromatic rings. The topological polar surface area (TPSA) is 86.8 Å². The lowest BCUT2D eigenvalue weighted by molar-refractivity contribution is -0.139. The summed E-state index contributed by atoms with van der Waals surface area (Å²) in [7, 11) is -4.17. The minimum absolute atomic E-state index is 0.0332. The van der Waals surface area contributed by atoms with Gasteiger partial charge in [-0.1, -0.05) is 78.5 Å². The largest absolute Gasteiger partial charge is 0.352 e. The van der Waals surface area contributed by atoms with Crippen molar-refractivity contribution in [3.05, 3.63) is 94.0 Å². The van der Waals surface area contributed by atoms with E-state index >= 15 is 0 Å². The smallest absolute Gasteiger partial charge is 0.264 e. The second-order valence-corrected chi connectivity index (χ2v) is 12.7. The lowest BCUT2D eigenvalue weighted by atomic mass is 10.1. The van der Waals surface area contributed by atoms with Gasteiger partial charge in [-0.05, 0) is 68.1 Å². The molecule has 0 bridgehead atoms. The Balaban J connectivity index is 1.72. The van der Waals surface area contributed by atoms with Crippen LogP contribution < -0.4 is 9.62 Å². The summed E-state index contributed by atoms with van der Waals surface area (Å²) >= 11 is 12.8. The Hall–Kier alpha value is -3.07. The van der Waals surface area contributed by atoms with Crippen LogP contribution in [0, 0.1) is 6.92 Å². The molecular formula is C30H33Cl2N3O4S. The van der Waals surface area contributed by atoms with Crippen molar-refractivity contribution in [2.45, 2.75) is 63.1 Å². The summed E-state index contributed by atoms with van der Waals surface area (Å²) < 4.78 is 28.9. The van der Waals surface area contributed by atoms with E-state index in [0.717, 1.165) is 30.0 Å². The van der Waals surface area contributed by atoms with Crippen molar-refractivity contribution in [1.29, 1.82) is 0 Å². The number of amides is 2. The van der Waals surface area contributed by atoms with E-state index < -0.39 is 28.5 Å². The zero-order chi connectivity index (χ0) is 28.9. The average molecular weight is 603 g/mol. The van der Waals surface area contributed by atoms with E-state index in [-0.39, 0.29) is 29.1 Å². The molecule has 4 rings (SSSR count). The predicted molar refractivity (Wildman–Crippen MR) is 159 cm³/mol. The first kappa shape index (κ1) is 29.9. The molecule has 0 radical (unpaired) electrons. The third kappa shape index (κ3) is 6.79. The van der Waals surface area contributed by atoms with Crippen LogP contribution >= 0.6 is 23.2 Å². The Morgan fingerprint density at radius 2 is 1.55 bits per heavy atom. The maximum atomic E-state index is 14.1. The summed E-state index contributed by atoms with van der Waals surface area (Å²) in [5, 5.41) is 3.88. The third-order valence-electron chi connectivity index (χ3n) is 7.29. The van der Waals surface area contributed by atoms with Crippen molar-refractivity contribution < 1.29 is 18.0 Å². The molecule has 1 atom stereocenters. The van der Waals surface area contributed by atoms with E-state index in [9.17, 15) is 18.0 Å². The van der Waals surface area contributed by atoms with Gasteiger partial charge in [-0.2, -0.15) is 0 Å². The van der Waals surface area contributed by atoms with Crippen LogP contribution in [0.3, 0.4) is 0 Å². The lowest BCUT2D eigenvalue weighted by Gasteiger charge is -2.33. The molecule has 1 unspecified atom stereocenters. The molecule has 212 valence electrons. The van der Waals surface area contributed by atoms with Gasteiger partial charge in [0.15, 0.2) is 0 Å². The molecule has 3 aromatic carbocycles. The van der Waals surface area contributed by atoms with Crippen molar-refractivity contribution >= 4 is 50.7 Å². The highest BCUT2D eigenvalue weighted by molar-refractivity contribution is 7.92. The standard InChI is InChI=1S/C30H33Cl2N3O4S/c1-21-26(31)17-10-18-28(21)35(40(38,39)25-14-4-3-5-15-25)20-29(36)34(19-23-11-6-9-16-27(23)32)22(2)30(37)33-24-12-7-8-13-24/h3-6,9-11,14-18,22,24H,7-8,12-13,19-20H2,1-2H3,(H,33,37). The van der Waals surface area contributed by atoms with Crippen LogP contribution in [0.15, 0.2) is 77.7 Å². The molecular weight excluding hydrogens is 569 g/mol. The van der Waals surface area contributed by atoms with Gasteiger partial charge < -0.3 is 10.2 Å². The lowest BCUT2D eigenvalue weighted by Crippen LogP contribution is -2.52. The van der Waals surface area contributed by atoms with Crippen molar-refractivity contribution in [2.24, 2.45) is 0 Å². The Morgan fingerprint density at radius 1 is 0.925 bits per heavy atom. The highest BCUT2D eigenvalue weighted by Crippen LogP contribution is 2.31. The van der Waals surface area contributed by atoms with Crippen LogP contribution in [-0.4, -0.2) is 43.8 Å². The summed E-state index contributed by atoms with van der Waals surface area (Å²) in [6, 6.07) is 19.1. The molecule has 2 amide bonds. The van der Waals surface area contributed by atoms with Gasteiger partial charge in [0, 0.05) is 22.6 Å². The van der Waals surface area contributed by atoms with Crippen LogP contribution in [-0.2, 0) is 26.2 Å². The third-order valence-corrected chi connectivity index (χ3v) is 9.84. The molecule has 7 nitrogen and oxygen atoms in total. The molecule has 1 saturated carbocycles. The van der Waals surface area contributed by atoms with Crippen LogP contribution in [0.5, 0.6) is 0 Å².